The molecule has 0 aliphatic carbocycles. The molecule has 0 atom stereocenters. The Labute approximate surface area is 191 Å². The van der Waals surface area contributed by atoms with Crippen LogP contribution in [0.15, 0.2) is 70.2 Å². The van der Waals surface area contributed by atoms with Crippen molar-refractivity contribution >= 4 is 17.7 Å². The van der Waals surface area contributed by atoms with E-state index >= 15 is 0 Å². The minimum Gasteiger partial charge on any atom is -0.441 e. The summed E-state index contributed by atoms with van der Waals surface area (Å²) >= 11 is 1.64. The Morgan fingerprint density at radius 3 is 2.41 bits per heavy atom. The summed E-state index contributed by atoms with van der Waals surface area (Å²) < 4.78 is 13.6. The Kier molecular flexibility index (Phi) is 6.22. The van der Waals surface area contributed by atoms with Gasteiger partial charge in [-0.15, -0.1) is 10.2 Å². The van der Waals surface area contributed by atoms with Crippen LogP contribution >= 0.6 is 11.8 Å². The third kappa shape index (κ3) is 4.56. The number of nitrogens with zero attached hydrogens (tertiary/aromatic N) is 5. The molecule has 8 heteroatoms. The van der Waals surface area contributed by atoms with Crippen LogP contribution in [0.4, 0.5) is 5.95 Å². The molecule has 0 N–H and O–H groups in total. The monoisotopic (exact) mass is 447 g/mol. The highest BCUT2D eigenvalue weighted by molar-refractivity contribution is 7.98. The van der Waals surface area contributed by atoms with Gasteiger partial charge in [0.15, 0.2) is 5.16 Å². The lowest BCUT2D eigenvalue weighted by Gasteiger charge is -2.28. The lowest BCUT2D eigenvalue weighted by molar-refractivity contribution is 0.121. The van der Waals surface area contributed by atoms with Crippen LogP contribution < -0.4 is 4.90 Å². The fraction of sp³-hybridized carbons (Fsp3) is 0.292. The van der Waals surface area contributed by atoms with Crippen LogP contribution in [-0.2, 0) is 17.0 Å². The van der Waals surface area contributed by atoms with Crippen LogP contribution in [0.5, 0.6) is 0 Å². The first-order valence-electron chi connectivity index (χ1n) is 10.7. The third-order valence-corrected chi connectivity index (χ3v) is 6.40. The molecule has 0 unspecified atom stereocenters. The SMILES string of the molecule is Cc1oc(-c2ccccc2)nc1CSc1nnc(N2CCOCC2)n1Cc1ccccc1. The Morgan fingerprint density at radius 1 is 0.938 bits per heavy atom. The highest BCUT2D eigenvalue weighted by Gasteiger charge is 2.22. The van der Waals surface area contributed by atoms with E-state index in [2.05, 4.69) is 43.9 Å². The second kappa shape index (κ2) is 9.58. The van der Waals surface area contributed by atoms with Crippen molar-refractivity contribution in [1.29, 1.82) is 0 Å². The Morgan fingerprint density at radius 2 is 1.66 bits per heavy atom. The van der Waals surface area contributed by atoms with Gasteiger partial charge in [-0.3, -0.25) is 4.57 Å². The summed E-state index contributed by atoms with van der Waals surface area (Å²) in [6.45, 7) is 5.74. The minimum atomic E-state index is 0.651. The van der Waals surface area contributed by atoms with E-state index in [9.17, 15) is 0 Å². The van der Waals surface area contributed by atoms with E-state index in [0.717, 1.165) is 47.8 Å². The van der Waals surface area contributed by atoms with Gasteiger partial charge in [-0.2, -0.15) is 0 Å². The summed E-state index contributed by atoms with van der Waals surface area (Å²) in [4.78, 5) is 6.98. The van der Waals surface area contributed by atoms with Crippen molar-refractivity contribution in [1.82, 2.24) is 19.7 Å². The van der Waals surface area contributed by atoms with Gasteiger partial charge >= 0.3 is 0 Å². The van der Waals surface area contributed by atoms with Crippen molar-refractivity contribution in [2.24, 2.45) is 0 Å². The molecule has 0 bridgehead atoms. The number of hydrogen-bond donors (Lipinski definition) is 0. The van der Waals surface area contributed by atoms with E-state index in [-0.39, 0.29) is 0 Å². The Bertz CT molecular complexity index is 1150. The van der Waals surface area contributed by atoms with E-state index in [1.165, 1.54) is 5.56 Å². The molecule has 4 aromatic rings. The highest BCUT2D eigenvalue weighted by atomic mass is 32.2. The number of aryl methyl sites for hydroxylation is 1. The number of rotatable bonds is 7. The molecule has 3 heterocycles. The van der Waals surface area contributed by atoms with E-state index < -0.39 is 0 Å². The number of morpholine rings is 1. The van der Waals surface area contributed by atoms with Gasteiger partial charge in [-0.25, -0.2) is 4.98 Å². The smallest absolute Gasteiger partial charge is 0.228 e. The molecule has 0 radical (unpaired) electrons. The van der Waals surface area contributed by atoms with E-state index in [0.29, 0.717) is 24.9 Å². The van der Waals surface area contributed by atoms with Gasteiger partial charge in [0.2, 0.25) is 11.8 Å². The van der Waals surface area contributed by atoms with Crippen molar-refractivity contribution in [3.63, 3.8) is 0 Å². The zero-order valence-corrected chi connectivity index (χ0v) is 18.8. The van der Waals surface area contributed by atoms with Gasteiger partial charge < -0.3 is 14.1 Å². The first kappa shape index (κ1) is 20.8. The zero-order valence-electron chi connectivity index (χ0n) is 18.0. The highest BCUT2D eigenvalue weighted by Crippen LogP contribution is 2.29. The molecule has 7 nitrogen and oxygen atoms in total. The molecule has 1 saturated heterocycles. The van der Waals surface area contributed by atoms with Gasteiger partial charge in [0.05, 0.1) is 25.5 Å². The van der Waals surface area contributed by atoms with Crippen molar-refractivity contribution in [3.05, 3.63) is 77.7 Å². The van der Waals surface area contributed by atoms with Crippen LogP contribution in [0.1, 0.15) is 17.0 Å². The molecule has 0 saturated carbocycles. The summed E-state index contributed by atoms with van der Waals surface area (Å²) in [5, 5.41) is 9.95. The average Bonchev–Trinajstić information content (AvgIpc) is 3.42. The number of hydrogen-bond acceptors (Lipinski definition) is 7. The van der Waals surface area contributed by atoms with Crippen LogP contribution in [0, 0.1) is 6.92 Å². The number of aromatic nitrogens is 4. The second-order valence-electron chi connectivity index (χ2n) is 7.63. The molecule has 32 heavy (non-hydrogen) atoms. The molecule has 1 aliphatic rings. The van der Waals surface area contributed by atoms with Crippen molar-refractivity contribution in [2.45, 2.75) is 24.4 Å². The number of benzene rings is 2. The number of thioether (sulfide) groups is 1. The maximum Gasteiger partial charge on any atom is 0.228 e. The molecule has 164 valence electrons. The van der Waals surface area contributed by atoms with Crippen molar-refractivity contribution in [2.75, 3.05) is 31.2 Å². The summed E-state index contributed by atoms with van der Waals surface area (Å²) in [6, 6.07) is 20.4. The van der Waals surface area contributed by atoms with Gasteiger partial charge in [-0.1, -0.05) is 60.3 Å². The lowest BCUT2D eigenvalue weighted by Crippen LogP contribution is -2.38. The van der Waals surface area contributed by atoms with Gasteiger partial charge in [0.1, 0.15) is 5.76 Å². The van der Waals surface area contributed by atoms with Crippen molar-refractivity contribution < 1.29 is 9.15 Å². The van der Waals surface area contributed by atoms with Crippen LogP contribution in [0.3, 0.4) is 0 Å². The molecular weight excluding hydrogens is 422 g/mol. The fourth-order valence-electron chi connectivity index (χ4n) is 3.69. The molecule has 0 amide bonds. The first-order valence-corrected chi connectivity index (χ1v) is 11.7. The maximum absolute atomic E-state index is 5.93. The number of anilines is 1. The lowest BCUT2D eigenvalue weighted by atomic mass is 10.2. The second-order valence-corrected chi connectivity index (χ2v) is 8.57. The van der Waals surface area contributed by atoms with Gasteiger partial charge in [-0.05, 0) is 24.6 Å². The standard InChI is InChI=1S/C24H25N5O2S/c1-18-21(25-22(31-18)20-10-6-3-7-11-20)17-32-24-27-26-23(28-12-14-30-15-13-28)29(24)16-19-8-4-2-5-9-19/h2-11H,12-17H2,1H3. The third-order valence-electron chi connectivity index (χ3n) is 5.43. The molecule has 5 rings (SSSR count). The van der Waals surface area contributed by atoms with Crippen molar-refractivity contribution in [3.8, 4) is 11.5 Å². The van der Waals surface area contributed by atoms with Crippen LogP contribution in [0.25, 0.3) is 11.5 Å². The molecular formula is C24H25N5O2S. The summed E-state index contributed by atoms with van der Waals surface area (Å²) in [6.07, 6.45) is 0. The van der Waals surface area contributed by atoms with E-state index in [4.69, 9.17) is 14.1 Å². The summed E-state index contributed by atoms with van der Waals surface area (Å²) in [5.41, 5.74) is 3.12. The summed E-state index contributed by atoms with van der Waals surface area (Å²) in [5.74, 6) is 3.04. The van der Waals surface area contributed by atoms with Crippen LogP contribution in [-0.4, -0.2) is 46.1 Å². The maximum atomic E-state index is 5.93. The predicted octanol–water partition coefficient (Wildman–Crippen LogP) is 4.42. The first-order chi connectivity index (χ1) is 15.8. The molecule has 2 aromatic carbocycles. The number of oxazole rings is 1. The topological polar surface area (TPSA) is 69.2 Å². The van der Waals surface area contributed by atoms with Gasteiger partial charge in [0, 0.05) is 24.4 Å². The zero-order chi connectivity index (χ0) is 21.8. The Hall–Kier alpha value is -3.10. The molecule has 0 spiro atoms. The van der Waals surface area contributed by atoms with E-state index in [1.807, 2.05) is 43.3 Å². The molecule has 1 fully saturated rings. The minimum absolute atomic E-state index is 0.651. The van der Waals surface area contributed by atoms with Crippen LogP contribution in [0.2, 0.25) is 0 Å². The van der Waals surface area contributed by atoms with E-state index in [1.54, 1.807) is 11.8 Å². The normalized spacial score (nSPS) is 14.1. The largest absolute Gasteiger partial charge is 0.441 e. The van der Waals surface area contributed by atoms with Gasteiger partial charge in [0.25, 0.3) is 0 Å². The fourth-order valence-corrected chi connectivity index (χ4v) is 4.62. The predicted molar refractivity (Wildman–Crippen MR) is 125 cm³/mol. The molecule has 1 aliphatic heterocycles. The molecule has 2 aromatic heterocycles. The quantitative estimate of drug-likeness (QED) is 0.389. The average molecular weight is 448 g/mol. The number of ether oxygens (including phenoxy) is 1. The summed E-state index contributed by atoms with van der Waals surface area (Å²) in [7, 11) is 0. The Balaban J connectivity index is 1.38.